The highest BCUT2D eigenvalue weighted by molar-refractivity contribution is 5.84. The molecule has 0 aromatic carbocycles. The standard InChI is InChI=1S/C29H47N3O4/c1-9-12-13-14-15-17-24(30-27(34)36-28(6,7)8)21(4)32-19-16-18-25(32)26(33)31-29(20-23(29)10-2)22(5)35-11-3/h9-10,23-25H,1-2,4-5,11-20H2,3,6-8H3,(H,30,34)(H,31,33)/t23-,24+,25+,29+/m1/s1. The molecule has 1 saturated heterocycles. The van der Waals surface area contributed by atoms with Crippen molar-refractivity contribution in [2.45, 2.75) is 102 Å². The lowest BCUT2D eigenvalue weighted by Crippen LogP contribution is -2.51. The van der Waals surface area contributed by atoms with Crippen molar-refractivity contribution in [2.75, 3.05) is 13.2 Å². The van der Waals surface area contributed by atoms with E-state index in [-0.39, 0.29) is 23.9 Å². The number of hydrogen-bond donors (Lipinski definition) is 2. The van der Waals surface area contributed by atoms with Crippen molar-refractivity contribution in [2.24, 2.45) is 5.92 Å². The molecule has 0 unspecified atom stereocenters. The van der Waals surface area contributed by atoms with Gasteiger partial charge in [0.15, 0.2) is 0 Å². The van der Waals surface area contributed by atoms with Crippen LogP contribution in [0.3, 0.4) is 0 Å². The van der Waals surface area contributed by atoms with E-state index in [1.54, 1.807) is 0 Å². The minimum atomic E-state index is -0.598. The minimum Gasteiger partial charge on any atom is -0.496 e. The van der Waals surface area contributed by atoms with Crippen LogP contribution in [-0.2, 0) is 14.3 Å². The Balaban J connectivity index is 2.12. The summed E-state index contributed by atoms with van der Waals surface area (Å²) in [5.74, 6) is 0.618. The summed E-state index contributed by atoms with van der Waals surface area (Å²) in [4.78, 5) is 28.2. The maximum atomic E-state index is 13.5. The largest absolute Gasteiger partial charge is 0.496 e. The van der Waals surface area contributed by atoms with E-state index in [0.29, 0.717) is 18.9 Å². The normalized spacial score (nSPS) is 23.8. The van der Waals surface area contributed by atoms with Gasteiger partial charge in [0.25, 0.3) is 0 Å². The van der Waals surface area contributed by atoms with Gasteiger partial charge in [0.2, 0.25) is 5.91 Å². The summed E-state index contributed by atoms with van der Waals surface area (Å²) in [5, 5.41) is 6.23. The van der Waals surface area contributed by atoms with Gasteiger partial charge in [-0.2, -0.15) is 0 Å². The average molecular weight is 502 g/mol. The number of carbonyl (C=O) groups is 2. The molecular formula is C29H47N3O4. The third-order valence-electron chi connectivity index (χ3n) is 6.88. The number of hydrogen-bond acceptors (Lipinski definition) is 5. The van der Waals surface area contributed by atoms with Crippen LogP contribution in [0.1, 0.15) is 79.1 Å². The van der Waals surface area contributed by atoms with Gasteiger partial charge in [0.1, 0.15) is 22.9 Å². The molecule has 2 fully saturated rings. The molecule has 0 bridgehead atoms. The number of ether oxygens (including phenoxy) is 2. The fraction of sp³-hybridized carbons (Fsp3) is 0.655. The molecule has 0 aromatic rings. The highest BCUT2D eigenvalue weighted by atomic mass is 16.6. The van der Waals surface area contributed by atoms with Crippen molar-refractivity contribution in [3.8, 4) is 0 Å². The van der Waals surface area contributed by atoms with Gasteiger partial charge in [0.05, 0.1) is 12.6 Å². The lowest BCUT2D eigenvalue weighted by molar-refractivity contribution is -0.126. The molecule has 1 heterocycles. The number of alkyl carbamates (subject to hydrolysis) is 1. The van der Waals surface area contributed by atoms with Gasteiger partial charge in [-0.15, -0.1) is 13.2 Å². The Labute approximate surface area is 218 Å². The summed E-state index contributed by atoms with van der Waals surface area (Å²) >= 11 is 0. The molecule has 1 aliphatic carbocycles. The van der Waals surface area contributed by atoms with Crippen molar-refractivity contribution >= 4 is 12.0 Å². The van der Waals surface area contributed by atoms with Crippen LogP contribution in [0.4, 0.5) is 4.79 Å². The zero-order valence-corrected chi connectivity index (χ0v) is 22.9. The van der Waals surface area contributed by atoms with E-state index < -0.39 is 17.2 Å². The van der Waals surface area contributed by atoms with Crippen molar-refractivity contribution < 1.29 is 19.1 Å². The summed E-state index contributed by atoms with van der Waals surface area (Å²) in [6, 6.07) is -0.676. The van der Waals surface area contributed by atoms with Crippen LogP contribution in [0.2, 0.25) is 0 Å². The first kappa shape index (κ1) is 29.5. The first-order valence-electron chi connectivity index (χ1n) is 13.3. The summed E-state index contributed by atoms with van der Waals surface area (Å²) in [6.45, 7) is 24.7. The first-order chi connectivity index (χ1) is 17.0. The molecule has 0 spiro atoms. The Morgan fingerprint density at radius 3 is 2.50 bits per heavy atom. The summed E-state index contributed by atoms with van der Waals surface area (Å²) in [7, 11) is 0. The smallest absolute Gasteiger partial charge is 0.408 e. The van der Waals surface area contributed by atoms with Crippen LogP contribution in [0.25, 0.3) is 0 Å². The molecular weight excluding hydrogens is 454 g/mol. The maximum Gasteiger partial charge on any atom is 0.408 e. The number of nitrogens with zero attached hydrogens (tertiary/aromatic N) is 1. The van der Waals surface area contributed by atoms with E-state index in [9.17, 15) is 9.59 Å². The Hall–Kier alpha value is -2.70. The van der Waals surface area contributed by atoms with Crippen molar-refractivity contribution in [1.82, 2.24) is 15.5 Å². The molecule has 2 N–H and O–H groups in total. The van der Waals surface area contributed by atoms with E-state index in [2.05, 4.69) is 36.9 Å². The zero-order valence-electron chi connectivity index (χ0n) is 22.9. The molecule has 36 heavy (non-hydrogen) atoms. The molecule has 2 aliphatic rings. The summed E-state index contributed by atoms with van der Waals surface area (Å²) < 4.78 is 11.2. The quantitative estimate of drug-likeness (QED) is 0.173. The van der Waals surface area contributed by atoms with Crippen LogP contribution in [-0.4, -0.2) is 53.3 Å². The third kappa shape index (κ3) is 7.90. The highest BCUT2D eigenvalue weighted by Crippen LogP contribution is 2.49. The number of carbonyl (C=O) groups excluding carboxylic acids is 2. The zero-order chi connectivity index (χ0) is 26.9. The molecule has 2 rings (SSSR count). The fourth-order valence-electron chi connectivity index (χ4n) is 4.88. The number of unbranched alkanes of at least 4 members (excludes halogenated alkanes) is 3. The van der Waals surface area contributed by atoms with E-state index in [0.717, 1.165) is 57.1 Å². The van der Waals surface area contributed by atoms with E-state index >= 15 is 0 Å². The van der Waals surface area contributed by atoms with Crippen LogP contribution >= 0.6 is 0 Å². The monoisotopic (exact) mass is 501 g/mol. The second-order valence-corrected chi connectivity index (χ2v) is 10.8. The Morgan fingerprint density at radius 2 is 1.92 bits per heavy atom. The first-order valence-corrected chi connectivity index (χ1v) is 13.3. The fourth-order valence-corrected chi connectivity index (χ4v) is 4.88. The molecule has 7 nitrogen and oxygen atoms in total. The third-order valence-corrected chi connectivity index (χ3v) is 6.88. The van der Waals surface area contributed by atoms with Crippen LogP contribution in [0.15, 0.2) is 49.9 Å². The summed E-state index contributed by atoms with van der Waals surface area (Å²) in [6.07, 6.45) is 10.3. The molecule has 202 valence electrons. The molecule has 0 aromatic heterocycles. The Morgan fingerprint density at radius 1 is 1.19 bits per heavy atom. The number of likely N-dealkylation sites (tertiary alicyclic amines) is 1. The summed E-state index contributed by atoms with van der Waals surface area (Å²) in [5.41, 5.74) is -0.445. The van der Waals surface area contributed by atoms with E-state index in [4.69, 9.17) is 9.47 Å². The van der Waals surface area contributed by atoms with Crippen molar-refractivity contribution in [3.63, 3.8) is 0 Å². The number of nitrogens with one attached hydrogen (secondary N) is 2. The van der Waals surface area contributed by atoms with Gasteiger partial charge < -0.3 is 25.0 Å². The molecule has 7 heteroatoms. The van der Waals surface area contributed by atoms with Gasteiger partial charge >= 0.3 is 6.09 Å². The van der Waals surface area contributed by atoms with Crippen molar-refractivity contribution in [3.05, 3.63) is 49.9 Å². The molecule has 1 saturated carbocycles. The second-order valence-electron chi connectivity index (χ2n) is 10.8. The SMILES string of the molecule is C=CCCCCC[C@H](NC(=O)OC(C)(C)C)C(=C)N1CCC[C@H]1C(=O)N[C@]1(C(=C)OCC)C[C@H]1C=C. The van der Waals surface area contributed by atoms with Crippen LogP contribution in [0, 0.1) is 5.92 Å². The van der Waals surface area contributed by atoms with Gasteiger partial charge in [-0.05, 0) is 66.2 Å². The maximum absolute atomic E-state index is 13.5. The Bertz CT molecular complexity index is 831. The van der Waals surface area contributed by atoms with Gasteiger partial charge in [-0.25, -0.2) is 4.79 Å². The van der Waals surface area contributed by atoms with Gasteiger partial charge in [-0.1, -0.05) is 38.2 Å². The van der Waals surface area contributed by atoms with Crippen LogP contribution < -0.4 is 10.6 Å². The van der Waals surface area contributed by atoms with Gasteiger partial charge in [-0.3, -0.25) is 4.79 Å². The lowest BCUT2D eigenvalue weighted by atomic mass is 10.0. The molecule has 4 atom stereocenters. The predicted molar refractivity (Wildman–Crippen MR) is 145 cm³/mol. The van der Waals surface area contributed by atoms with E-state index in [1.807, 2.05) is 44.7 Å². The molecule has 1 aliphatic heterocycles. The second kappa shape index (κ2) is 13.0. The average Bonchev–Trinajstić information content (AvgIpc) is 3.29. The minimum absolute atomic E-state index is 0.0687. The van der Waals surface area contributed by atoms with Crippen molar-refractivity contribution in [1.29, 1.82) is 0 Å². The highest BCUT2D eigenvalue weighted by Gasteiger charge is 2.58. The predicted octanol–water partition coefficient (Wildman–Crippen LogP) is 5.61. The molecule has 2 amide bonds. The topological polar surface area (TPSA) is 79.9 Å². The molecule has 0 radical (unpaired) electrons. The Kier molecular flexibility index (Phi) is 10.7. The van der Waals surface area contributed by atoms with E-state index in [1.165, 1.54) is 0 Å². The lowest BCUT2D eigenvalue weighted by Gasteiger charge is -2.34. The van der Waals surface area contributed by atoms with Gasteiger partial charge in [0, 0.05) is 18.2 Å². The van der Waals surface area contributed by atoms with Crippen LogP contribution in [0.5, 0.6) is 0 Å². The number of amides is 2. The number of allylic oxidation sites excluding steroid dienone is 1. The number of rotatable bonds is 15.